The van der Waals surface area contributed by atoms with E-state index in [4.69, 9.17) is 0 Å². The Bertz CT molecular complexity index is 693. The fourth-order valence-electron chi connectivity index (χ4n) is 1.93. The highest BCUT2D eigenvalue weighted by atomic mass is 32.1. The van der Waals surface area contributed by atoms with Crippen LogP contribution in [0.3, 0.4) is 0 Å². The summed E-state index contributed by atoms with van der Waals surface area (Å²) in [6.07, 6.45) is 5.96. The lowest BCUT2D eigenvalue weighted by Crippen LogP contribution is -1.79. The molecular weight excluding hydrogens is 252 g/mol. The number of thiophene rings is 1. The van der Waals surface area contributed by atoms with E-state index in [1.165, 1.54) is 16.0 Å². The molecule has 0 bridgehead atoms. The van der Waals surface area contributed by atoms with E-state index in [1.54, 1.807) is 11.3 Å². The highest BCUT2D eigenvalue weighted by Gasteiger charge is 2.01. The zero-order chi connectivity index (χ0) is 13.1. The topological polar surface area (TPSA) is 28.7 Å². The third kappa shape index (κ3) is 2.83. The number of rotatable bonds is 3. The Morgan fingerprint density at radius 2 is 2.11 bits per heavy atom. The van der Waals surface area contributed by atoms with Crippen LogP contribution in [0, 0.1) is 6.92 Å². The first-order valence-electron chi connectivity index (χ1n) is 6.15. The van der Waals surface area contributed by atoms with E-state index in [2.05, 4.69) is 58.7 Å². The van der Waals surface area contributed by atoms with E-state index < -0.39 is 0 Å². The maximum absolute atomic E-state index is 4.38. The molecule has 1 N–H and O–H groups in total. The van der Waals surface area contributed by atoms with E-state index in [0.717, 1.165) is 11.5 Å². The van der Waals surface area contributed by atoms with Gasteiger partial charge in [0.1, 0.15) is 5.82 Å². The predicted octanol–water partition coefficient (Wildman–Crippen LogP) is 4.62. The van der Waals surface area contributed by atoms with Crippen molar-refractivity contribution in [2.75, 3.05) is 0 Å². The molecule has 0 aliphatic carbocycles. The number of nitrogens with one attached hydrogen (secondary N) is 1. The molecule has 2 nitrogen and oxygen atoms in total. The van der Waals surface area contributed by atoms with Gasteiger partial charge in [0.05, 0.1) is 11.9 Å². The Kier molecular flexibility index (Phi) is 3.29. The van der Waals surface area contributed by atoms with Crippen LogP contribution in [0.4, 0.5) is 0 Å². The normalized spacial score (nSPS) is 11.2. The summed E-state index contributed by atoms with van der Waals surface area (Å²) < 4.78 is 0. The average Bonchev–Trinajstić information content (AvgIpc) is 3.08. The molecule has 0 atom stereocenters. The summed E-state index contributed by atoms with van der Waals surface area (Å²) >= 11 is 1.72. The van der Waals surface area contributed by atoms with Gasteiger partial charge < -0.3 is 4.98 Å². The van der Waals surface area contributed by atoms with Crippen LogP contribution < -0.4 is 0 Å². The summed E-state index contributed by atoms with van der Waals surface area (Å²) in [4.78, 5) is 8.94. The zero-order valence-electron chi connectivity index (χ0n) is 10.6. The van der Waals surface area contributed by atoms with Gasteiger partial charge in [-0.05, 0) is 42.2 Å². The van der Waals surface area contributed by atoms with Gasteiger partial charge in [0.25, 0.3) is 0 Å². The van der Waals surface area contributed by atoms with Crippen LogP contribution in [0.1, 0.15) is 16.3 Å². The molecule has 2 heterocycles. The fourth-order valence-corrected chi connectivity index (χ4v) is 2.55. The number of H-pyrrole nitrogens is 1. The second-order valence-corrected chi connectivity index (χ2v) is 5.38. The van der Waals surface area contributed by atoms with Crippen molar-refractivity contribution in [3.63, 3.8) is 0 Å². The number of aromatic amines is 1. The van der Waals surface area contributed by atoms with Gasteiger partial charge in [-0.2, -0.15) is 0 Å². The van der Waals surface area contributed by atoms with Gasteiger partial charge in [-0.3, -0.25) is 0 Å². The monoisotopic (exact) mass is 266 g/mol. The van der Waals surface area contributed by atoms with Gasteiger partial charge in [-0.1, -0.05) is 29.8 Å². The van der Waals surface area contributed by atoms with Crippen molar-refractivity contribution in [1.82, 2.24) is 9.97 Å². The molecule has 0 aliphatic rings. The van der Waals surface area contributed by atoms with Crippen molar-refractivity contribution in [2.24, 2.45) is 0 Å². The van der Waals surface area contributed by atoms with Crippen LogP contribution in [0.5, 0.6) is 0 Å². The Balaban J connectivity index is 1.83. The first kappa shape index (κ1) is 11.9. The standard InChI is InChI=1S/C16H14N2S/c1-12-4-2-5-13(10-12)15-11-17-16(18-15)8-7-14-6-3-9-19-14/h2-11H,1H3,(H,17,18)/b8-7+. The minimum absolute atomic E-state index is 0.880. The Labute approximate surface area is 116 Å². The molecule has 2 aromatic heterocycles. The van der Waals surface area contributed by atoms with Crippen LogP contribution in [0.15, 0.2) is 48.0 Å². The van der Waals surface area contributed by atoms with Crippen LogP contribution >= 0.6 is 11.3 Å². The number of imidazole rings is 1. The predicted molar refractivity (Wildman–Crippen MR) is 82.0 cm³/mol. The van der Waals surface area contributed by atoms with E-state index in [9.17, 15) is 0 Å². The van der Waals surface area contributed by atoms with Crippen LogP contribution in [0.2, 0.25) is 0 Å². The molecular formula is C16H14N2S. The SMILES string of the molecule is Cc1cccc(-c2cnc(/C=C/c3cccs3)[nH]2)c1. The molecule has 0 radical (unpaired) electrons. The third-order valence-corrected chi connectivity index (χ3v) is 3.71. The highest BCUT2D eigenvalue weighted by Crippen LogP contribution is 2.19. The summed E-state index contributed by atoms with van der Waals surface area (Å²) in [5.41, 5.74) is 3.47. The summed E-state index contributed by atoms with van der Waals surface area (Å²) in [5.74, 6) is 0.880. The van der Waals surface area contributed by atoms with Crippen molar-refractivity contribution in [2.45, 2.75) is 6.92 Å². The molecule has 0 fully saturated rings. The van der Waals surface area contributed by atoms with Gasteiger partial charge in [-0.25, -0.2) is 4.98 Å². The number of hydrogen-bond acceptors (Lipinski definition) is 2. The first-order valence-corrected chi connectivity index (χ1v) is 7.03. The van der Waals surface area contributed by atoms with Crippen molar-refractivity contribution < 1.29 is 0 Å². The van der Waals surface area contributed by atoms with Crippen LogP contribution in [-0.4, -0.2) is 9.97 Å². The average molecular weight is 266 g/mol. The molecule has 0 spiro atoms. The van der Waals surface area contributed by atoms with Gasteiger partial charge in [0.2, 0.25) is 0 Å². The van der Waals surface area contributed by atoms with E-state index in [0.29, 0.717) is 0 Å². The van der Waals surface area contributed by atoms with E-state index in [1.807, 2.05) is 18.3 Å². The molecule has 94 valence electrons. The largest absolute Gasteiger partial charge is 0.338 e. The Morgan fingerprint density at radius 3 is 2.89 bits per heavy atom. The molecule has 0 unspecified atom stereocenters. The molecule has 3 aromatic rings. The minimum Gasteiger partial charge on any atom is -0.338 e. The van der Waals surface area contributed by atoms with Crippen molar-refractivity contribution in [3.05, 3.63) is 64.2 Å². The number of aryl methyl sites for hydroxylation is 1. The van der Waals surface area contributed by atoms with Gasteiger partial charge in [0, 0.05) is 4.88 Å². The smallest absolute Gasteiger partial charge is 0.130 e. The molecule has 19 heavy (non-hydrogen) atoms. The van der Waals surface area contributed by atoms with Crippen molar-refractivity contribution in [1.29, 1.82) is 0 Å². The second-order valence-electron chi connectivity index (χ2n) is 4.40. The molecule has 0 saturated carbocycles. The first-order chi connectivity index (χ1) is 9.31. The summed E-state index contributed by atoms with van der Waals surface area (Å²) in [6.45, 7) is 2.09. The fraction of sp³-hybridized carbons (Fsp3) is 0.0625. The molecule has 0 amide bonds. The Hall–Kier alpha value is -2.13. The lowest BCUT2D eigenvalue weighted by atomic mass is 10.1. The van der Waals surface area contributed by atoms with Crippen molar-refractivity contribution in [3.8, 4) is 11.3 Å². The zero-order valence-corrected chi connectivity index (χ0v) is 11.4. The lowest BCUT2D eigenvalue weighted by molar-refractivity contribution is 1.27. The van der Waals surface area contributed by atoms with Crippen LogP contribution in [0.25, 0.3) is 23.4 Å². The molecule has 0 saturated heterocycles. The molecule has 1 aromatic carbocycles. The van der Waals surface area contributed by atoms with Gasteiger partial charge >= 0.3 is 0 Å². The molecule has 3 heteroatoms. The highest BCUT2D eigenvalue weighted by molar-refractivity contribution is 7.10. The van der Waals surface area contributed by atoms with Gasteiger partial charge in [-0.15, -0.1) is 11.3 Å². The van der Waals surface area contributed by atoms with Crippen LogP contribution in [-0.2, 0) is 0 Å². The van der Waals surface area contributed by atoms with Crippen molar-refractivity contribution >= 4 is 23.5 Å². The van der Waals surface area contributed by atoms with E-state index >= 15 is 0 Å². The minimum atomic E-state index is 0.880. The summed E-state index contributed by atoms with van der Waals surface area (Å²) in [5, 5.41) is 2.07. The number of aromatic nitrogens is 2. The van der Waals surface area contributed by atoms with E-state index in [-0.39, 0.29) is 0 Å². The quantitative estimate of drug-likeness (QED) is 0.736. The molecule has 3 rings (SSSR count). The lowest BCUT2D eigenvalue weighted by Gasteiger charge is -1.98. The second kappa shape index (κ2) is 5.24. The van der Waals surface area contributed by atoms with Gasteiger partial charge in [0.15, 0.2) is 0 Å². The number of benzene rings is 1. The summed E-state index contributed by atoms with van der Waals surface area (Å²) in [6, 6.07) is 12.5. The Morgan fingerprint density at radius 1 is 1.16 bits per heavy atom. The molecule has 0 aliphatic heterocycles. The maximum atomic E-state index is 4.38. The number of hydrogen-bond donors (Lipinski definition) is 1. The summed E-state index contributed by atoms with van der Waals surface area (Å²) in [7, 11) is 0. The number of nitrogens with zero attached hydrogens (tertiary/aromatic N) is 1. The third-order valence-electron chi connectivity index (χ3n) is 2.87. The maximum Gasteiger partial charge on any atom is 0.130 e.